The summed E-state index contributed by atoms with van der Waals surface area (Å²) >= 11 is 0. The van der Waals surface area contributed by atoms with Gasteiger partial charge in [-0.25, -0.2) is 4.68 Å². The van der Waals surface area contributed by atoms with Crippen molar-refractivity contribution >= 4 is 11.6 Å². The molecule has 6 heteroatoms. The number of nitrogens with one attached hydrogen (secondary N) is 1. The van der Waals surface area contributed by atoms with Crippen molar-refractivity contribution in [3.8, 4) is 11.5 Å². The Morgan fingerprint density at radius 3 is 2.50 bits per heavy atom. The lowest BCUT2D eigenvalue weighted by Crippen LogP contribution is -2.15. The Balaban J connectivity index is 1.60. The molecule has 0 fully saturated rings. The highest BCUT2D eigenvalue weighted by atomic mass is 16.5. The predicted octanol–water partition coefficient (Wildman–Crippen LogP) is 3.80. The van der Waals surface area contributed by atoms with Gasteiger partial charge in [0.15, 0.2) is 12.4 Å². The number of rotatable bonds is 6. The Labute approximate surface area is 152 Å². The maximum atomic E-state index is 12.4. The average molecular weight is 351 g/mol. The quantitative estimate of drug-likeness (QED) is 0.734. The summed E-state index contributed by atoms with van der Waals surface area (Å²) in [6.45, 7) is 4.19. The van der Waals surface area contributed by atoms with E-state index in [9.17, 15) is 4.79 Å². The van der Waals surface area contributed by atoms with Gasteiger partial charge in [0.25, 0.3) is 5.91 Å². The number of carbonyl (C=O) groups is 1. The molecule has 2 aromatic carbocycles. The molecular formula is C20H21N3O3. The summed E-state index contributed by atoms with van der Waals surface area (Å²) < 4.78 is 12.3. The van der Waals surface area contributed by atoms with Crippen LogP contribution in [0.15, 0.2) is 54.7 Å². The Hall–Kier alpha value is -3.28. The molecular weight excluding hydrogens is 330 g/mol. The third-order valence-corrected chi connectivity index (χ3v) is 3.93. The summed E-state index contributed by atoms with van der Waals surface area (Å²) in [5, 5.41) is 7.14. The summed E-state index contributed by atoms with van der Waals surface area (Å²) in [7, 11) is 1.62. The van der Waals surface area contributed by atoms with Crippen LogP contribution >= 0.6 is 0 Å². The van der Waals surface area contributed by atoms with Gasteiger partial charge in [-0.3, -0.25) is 4.79 Å². The minimum absolute atomic E-state index is 0.211. The van der Waals surface area contributed by atoms with Crippen molar-refractivity contribution < 1.29 is 14.3 Å². The van der Waals surface area contributed by atoms with Crippen molar-refractivity contribution in [1.29, 1.82) is 0 Å². The molecule has 3 aromatic rings. The van der Waals surface area contributed by atoms with E-state index >= 15 is 0 Å². The molecule has 1 heterocycles. The average Bonchev–Trinajstić information content (AvgIpc) is 3.12. The van der Waals surface area contributed by atoms with E-state index in [2.05, 4.69) is 10.4 Å². The Morgan fingerprint density at radius 2 is 1.81 bits per heavy atom. The van der Waals surface area contributed by atoms with E-state index in [0.29, 0.717) is 11.4 Å². The second-order valence-corrected chi connectivity index (χ2v) is 5.96. The number of amides is 1. The lowest BCUT2D eigenvalue weighted by atomic mass is 10.1. The summed E-state index contributed by atoms with van der Waals surface area (Å²) in [4.78, 5) is 12.4. The zero-order valence-electron chi connectivity index (χ0n) is 15.0. The minimum atomic E-state index is -0.250. The van der Waals surface area contributed by atoms with Gasteiger partial charge in [0, 0.05) is 11.9 Å². The second-order valence-electron chi connectivity index (χ2n) is 5.96. The monoisotopic (exact) mass is 351 g/mol. The first-order chi connectivity index (χ1) is 12.5. The molecule has 0 unspecified atom stereocenters. The van der Waals surface area contributed by atoms with Crippen LogP contribution in [0.4, 0.5) is 5.69 Å². The number of ether oxygens (including phenoxy) is 2. The molecule has 0 atom stereocenters. The highest BCUT2D eigenvalue weighted by Crippen LogP contribution is 2.18. The standard InChI is InChI=1S/C20H21N3O3/c1-14-4-9-18(15(2)12-14)21-20(24)19-10-11-23(22-19)13-26-17-7-5-16(25-3)6-8-17/h4-12H,13H2,1-3H3,(H,21,24). The molecule has 0 saturated carbocycles. The Kier molecular flexibility index (Phi) is 5.22. The van der Waals surface area contributed by atoms with E-state index < -0.39 is 0 Å². The molecule has 134 valence electrons. The first-order valence-corrected chi connectivity index (χ1v) is 8.24. The highest BCUT2D eigenvalue weighted by Gasteiger charge is 2.11. The molecule has 3 rings (SSSR count). The van der Waals surface area contributed by atoms with Crippen molar-refractivity contribution in [1.82, 2.24) is 9.78 Å². The van der Waals surface area contributed by atoms with Crippen LogP contribution < -0.4 is 14.8 Å². The van der Waals surface area contributed by atoms with Gasteiger partial charge >= 0.3 is 0 Å². The molecule has 0 spiro atoms. The SMILES string of the molecule is COc1ccc(OCn2ccc(C(=O)Nc3ccc(C)cc3C)n2)cc1. The second kappa shape index (κ2) is 7.74. The van der Waals surface area contributed by atoms with E-state index in [1.165, 1.54) is 0 Å². The fourth-order valence-electron chi connectivity index (χ4n) is 2.51. The molecule has 0 aliphatic rings. The summed E-state index contributed by atoms with van der Waals surface area (Å²) in [5.74, 6) is 1.21. The molecule has 1 amide bonds. The zero-order valence-corrected chi connectivity index (χ0v) is 15.0. The maximum Gasteiger partial charge on any atom is 0.276 e. The lowest BCUT2D eigenvalue weighted by molar-refractivity contribution is 0.102. The molecule has 0 saturated heterocycles. The third kappa shape index (κ3) is 4.22. The highest BCUT2D eigenvalue weighted by molar-refractivity contribution is 6.03. The van der Waals surface area contributed by atoms with Crippen molar-refractivity contribution in [3.63, 3.8) is 0 Å². The van der Waals surface area contributed by atoms with Gasteiger partial charge in [-0.1, -0.05) is 17.7 Å². The summed E-state index contributed by atoms with van der Waals surface area (Å²) in [6, 6.07) is 14.8. The van der Waals surface area contributed by atoms with Crippen LogP contribution in [0.3, 0.4) is 0 Å². The Morgan fingerprint density at radius 1 is 1.08 bits per heavy atom. The van der Waals surface area contributed by atoms with Gasteiger partial charge in [0.05, 0.1) is 7.11 Å². The minimum Gasteiger partial charge on any atom is -0.497 e. The van der Waals surface area contributed by atoms with E-state index in [0.717, 1.165) is 22.6 Å². The van der Waals surface area contributed by atoms with Crippen molar-refractivity contribution in [2.24, 2.45) is 0 Å². The van der Waals surface area contributed by atoms with Gasteiger partial charge < -0.3 is 14.8 Å². The number of aryl methyl sites for hydroxylation is 2. The van der Waals surface area contributed by atoms with Crippen LogP contribution in [0, 0.1) is 13.8 Å². The molecule has 26 heavy (non-hydrogen) atoms. The van der Waals surface area contributed by atoms with Gasteiger partial charge in [-0.15, -0.1) is 0 Å². The smallest absolute Gasteiger partial charge is 0.276 e. The number of aromatic nitrogens is 2. The number of carbonyl (C=O) groups excluding carboxylic acids is 1. The summed E-state index contributed by atoms with van der Waals surface area (Å²) in [5.41, 5.74) is 3.29. The predicted molar refractivity (Wildman–Crippen MR) is 99.7 cm³/mol. The van der Waals surface area contributed by atoms with E-state index in [1.807, 2.05) is 56.3 Å². The van der Waals surface area contributed by atoms with Crippen LogP contribution in [0.2, 0.25) is 0 Å². The number of benzene rings is 2. The molecule has 6 nitrogen and oxygen atoms in total. The number of methoxy groups -OCH3 is 1. The van der Waals surface area contributed by atoms with Crippen molar-refractivity contribution in [3.05, 3.63) is 71.5 Å². The van der Waals surface area contributed by atoms with Gasteiger partial charge in [-0.2, -0.15) is 5.10 Å². The lowest BCUT2D eigenvalue weighted by Gasteiger charge is -2.08. The van der Waals surface area contributed by atoms with Crippen LogP contribution in [0.1, 0.15) is 21.6 Å². The molecule has 0 radical (unpaired) electrons. The van der Waals surface area contributed by atoms with Crippen molar-refractivity contribution in [2.75, 3.05) is 12.4 Å². The number of anilines is 1. The van der Waals surface area contributed by atoms with Crippen LogP contribution in [-0.2, 0) is 6.73 Å². The van der Waals surface area contributed by atoms with Crippen LogP contribution in [0.5, 0.6) is 11.5 Å². The maximum absolute atomic E-state index is 12.4. The molecule has 1 N–H and O–H groups in total. The van der Waals surface area contributed by atoms with Gasteiger partial charge in [0.1, 0.15) is 11.5 Å². The fraction of sp³-hybridized carbons (Fsp3) is 0.200. The fourth-order valence-corrected chi connectivity index (χ4v) is 2.51. The first-order valence-electron chi connectivity index (χ1n) is 8.24. The number of hydrogen-bond donors (Lipinski definition) is 1. The molecule has 0 aliphatic carbocycles. The summed E-state index contributed by atoms with van der Waals surface area (Å²) in [6.07, 6.45) is 1.71. The zero-order chi connectivity index (χ0) is 18.5. The largest absolute Gasteiger partial charge is 0.497 e. The van der Waals surface area contributed by atoms with E-state index in [-0.39, 0.29) is 12.6 Å². The number of hydrogen-bond acceptors (Lipinski definition) is 4. The Bertz CT molecular complexity index is 901. The van der Waals surface area contributed by atoms with Gasteiger partial charge in [0.2, 0.25) is 0 Å². The normalized spacial score (nSPS) is 10.4. The van der Waals surface area contributed by atoms with Gasteiger partial charge in [-0.05, 0) is 55.8 Å². The van der Waals surface area contributed by atoms with E-state index in [4.69, 9.17) is 9.47 Å². The van der Waals surface area contributed by atoms with Crippen LogP contribution in [0.25, 0.3) is 0 Å². The first kappa shape index (κ1) is 17.5. The van der Waals surface area contributed by atoms with E-state index in [1.54, 1.807) is 24.1 Å². The molecule has 1 aromatic heterocycles. The van der Waals surface area contributed by atoms with Crippen LogP contribution in [-0.4, -0.2) is 22.8 Å². The third-order valence-electron chi connectivity index (χ3n) is 3.93. The molecule has 0 bridgehead atoms. The topological polar surface area (TPSA) is 65.4 Å². The molecule has 0 aliphatic heterocycles. The number of nitrogens with zero attached hydrogens (tertiary/aromatic N) is 2. The van der Waals surface area contributed by atoms with Crippen molar-refractivity contribution in [2.45, 2.75) is 20.6 Å².